The van der Waals surface area contributed by atoms with Crippen molar-refractivity contribution in [2.75, 3.05) is 13.2 Å². The summed E-state index contributed by atoms with van der Waals surface area (Å²) in [5.41, 5.74) is 3.25. The fraction of sp³-hybridized carbons (Fsp3) is 0.484. The number of benzene rings is 2. The van der Waals surface area contributed by atoms with Crippen molar-refractivity contribution in [3.63, 3.8) is 0 Å². The molecule has 0 saturated carbocycles. The van der Waals surface area contributed by atoms with Crippen LogP contribution in [0.1, 0.15) is 100 Å². The van der Waals surface area contributed by atoms with E-state index < -0.39 is 11.9 Å². The maximum atomic E-state index is 12.7. The van der Waals surface area contributed by atoms with Crippen molar-refractivity contribution in [2.45, 2.75) is 84.5 Å². The molecule has 2 aromatic carbocycles. The van der Waals surface area contributed by atoms with E-state index in [0.717, 1.165) is 30.2 Å². The number of unbranched alkanes of at least 4 members (excludes halogenated alkanes) is 8. The predicted molar refractivity (Wildman–Crippen MR) is 162 cm³/mol. The van der Waals surface area contributed by atoms with Crippen LogP contribution < -0.4 is 20.2 Å². The number of halogens is 1. The van der Waals surface area contributed by atoms with Gasteiger partial charge in [-0.3, -0.25) is 9.59 Å². The zero-order valence-electron chi connectivity index (χ0n) is 23.7. The highest BCUT2D eigenvalue weighted by molar-refractivity contribution is 9.10. The number of nitrogens with zero attached hydrogens (tertiary/aromatic N) is 1. The minimum absolute atomic E-state index is 0.145. The lowest BCUT2D eigenvalue weighted by Gasteiger charge is -2.09. The van der Waals surface area contributed by atoms with Crippen LogP contribution in [0.3, 0.4) is 0 Å². The number of amides is 2. The van der Waals surface area contributed by atoms with Gasteiger partial charge in [0.1, 0.15) is 11.5 Å². The third kappa shape index (κ3) is 13.7. The van der Waals surface area contributed by atoms with E-state index in [1.54, 1.807) is 42.5 Å². The van der Waals surface area contributed by atoms with Crippen LogP contribution in [-0.2, 0) is 9.59 Å². The van der Waals surface area contributed by atoms with Gasteiger partial charge in [0.05, 0.1) is 24.9 Å². The Morgan fingerprint density at radius 2 is 1.52 bits per heavy atom. The van der Waals surface area contributed by atoms with Crippen LogP contribution in [0.5, 0.6) is 11.5 Å². The van der Waals surface area contributed by atoms with Gasteiger partial charge >= 0.3 is 5.97 Å². The van der Waals surface area contributed by atoms with Crippen molar-refractivity contribution in [3.8, 4) is 11.5 Å². The molecule has 0 aliphatic carbocycles. The topological polar surface area (TPSA) is 106 Å². The Bertz CT molecular complexity index is 1090. The zero-order chi connectivity index (χ0) is 29.0. The van der Waals surface area contributed by atoms with E-state index in [0.29, 0.717) is 29.9 Å². The Morgan fingerprint density at radius 1 is 0.850 bits per heavy atom. The van der Waals surface area contributed by atoms with Crippen molar-refractivity contribution in [1.29, 1.82) is 0 Å². The summed E-state index contributed by atoms with van der Waals surface area (Å²) in [5, 5.41) is 6.58. The van der Waals surface area contributed by atoms with Gasteiger partial charge in [0.2, 0.25) is 5.91 Å². The third-order valence-corrected chi connectivity index (χ3v) is 6.58. The summed E-state index contributed by atoms with van der Waals surface area (Å²) in [4.78, 5) is 36.8. The molecule has 0 spiro atoms. The van der Waals surface area contributed by atoms with Crippen LogP contribution in [0.25, 0.3) is 0 Å². The van der Waals surface area contributed by atoms with Crippen LogP contribution in [-0.4, -0.2) is 37.1 Å². The van der Waals surface area contributed by atoms with Gasteiger partial charge in [-0.15, -0.1) is 0 Å². The second-order valence-electron chi connectivity index (χ2n) is 9.59. The summed E-state index contributed by atoms with van der Waals surface area (Å²) >= 11 is 3.39. The van der Waals surface area contributed by atoms with Gasteiger partial charge in [-0.05, 0) is 55.3 Å². The molecule has 2 rings (SSSR count). The first-order valence-electron chi connectivity index (χ1n) is 14.3. The number of carbonyl (C=O) groups excluding carboxylic acids is 3. The van der Waals surface area contributed by atoms with Crippen molar-refractivity contribution in [1.82, 2.24) is 10.7 Å². The van der Waals surface area contributed by atoms with Crippen LogP contribution in [0.2, 0.25) is 0 Å². The van der Waals surface area contributed by atoms with Gasteiger partial charge in [0, 0.05) is 16.5 Å². The number of rotatable bonds is 19. The molecule has 0 unspecified atom stereocenters. The molecule has 0 saturated heterocycles. The van der Waals surface area contributed by atoms with Crippen LogP contribution in [0.15, 0.2) is 52.0 Å². The summed E-state index contributed by atoms with van der Waals surface area (Å²) < 4.78 is 11.9. The van der Waals surface area contributed by atoms with Gasteiger partial charge in [0.15, 0.2) is 0 Å². The number of hydrazone groups is 1. The standard InChI is InChI=1S/C31H42BrN3O5/c1-3-5-6-7-8-9-10-11-12-13-29(36)33-23-30(37)35-34-22-25-21-26(32)16-19-28(25)40-31(38)24-14-17-27(18-15-24)39-20-4-2/h14-19,21-22H,3-13,20,23H2,1-2H3,(H,33,36)(H,35,37). The van der Waals surface area contributed by atoms with E-state index in [-0.39, 0.29) is 18.2 Å². The smallest absolute Gasteiger partial charge is 0.343 e. The molecule has 0 heterocycles. The second-order valence-corrected chi connectivity index (χ2v) is 10.5. The minimum atomic E-state index is -0.530. The first-order chi connectivity index (χ1) is 19.4. The minimum Gasteiger partial charge on any atom is -0.494 e. The molecular formula is C31H42BrN3O5. The zero-order valence-corrected chi connectivity index (χ0v) is 25.3. The van der Waals surface area contributed by atoms with E-state index in [1.165, 1.54) is 44.7 Å². The molecule has 0 aliphatic heterocycles. The van der Waals surface area contributed by atoms with Gasteiger partial charge in [0.25, 0.3) is 5.91 Å². The number of carbonyl (C=O) groups is 3. The van der Waals surface area contributed by atoms with Crippen molar-refractivity contribution in [3.05, 3.63) is 58.1 Å². The molecule has 9 heteroatoms. The highest BCUT2D eigenvalue weighted by atomic mass is 79.9. The highest BCUT2D eigenvalue weighted by Gasteiger charge is 2.12. The molecule has 8 nitrogen and oxygen atoms in total. The van der Waals surface area contributed by atoms with Crippen LogP contribution in [0, 0.1) is 0 Å². The van der Waals surface area contributed by atoms with E-state index in [2.05, 4.69) is 38.7 Å². The summed E-state index contributed by atoms with van der Waals surface area (Å²) in [5.74, 6) is -0.154. The van der Waals surface area contributed by atoms with Crippen molar-refractivity contribution in [2.24, 2.45) is 5.10 Å². The fourth-order valence-corrected chi connectivity index (χ4v) is 4.23. The Labute approximate surface area is 246 Å². The highest BCUT2D eigenvalue weighted by Crippen LogP contribution is 2.23. The average molecular weight is 617 g/mol. The summed E-state index contributed by atoms with van der Waals surface area (Å²) in [6.07, 6.45) is 13.3. The third-order valence-electron chi connectivity index (χ3n) is 6.08. The van der Waals surface area contributed by atoms with Gasteiger partial charge in [-0.1, -0.05) is 81.1 Å². The summed E-state index contributed by atoms with van der Waals surface area (Å²) in [6, 6.07) is 11.8. The first-order valence-corrected chi connectivity index (χ1v) is 15.1. The Kier molecular flexibility index (Phi) is 16.3. The molecule has 0 aromatic heterocycles. The van der Waals surface area contributed by atoms with Crippen molar-refractivity contribution < 1.29 is 23.9 Å². The lowest BCUT2D eigenvalue weighted by molar-refractivity contribution is -0.126. The molecule has 0 aliphatic rings. The summed E-state index contributed by atoms with van der Waals surface area (Å²) in [6.45, 7) is 4.68. The molecule has 0 atom stereocenters. The SMILES string of the molecule is CCCCCCCCCCCC(=O)NCC(=O)NN=Cc1cc(Br)ccc1OC(=O)c1ccc(OCCC)cc1. The molecule has 2 N–H and O–H groups in total. The molecule has 2 amide bonds. The van der Waals surface area contributed by atoms with Crippen LogP contribution >= 0.6 is 15.9 Å². The van der Waals surface area contributed by atoms with E-state index in [1.807, 2.05) is 6.92 Å². The number of hydrogen-bond donors (Lipinski definition) is 2. The van der Waals surface area contributed by atoms with E-state index in [4.69, 9.17) is 9.47 Å². The Balaban J connectivity index is 1.74. The number of nitrogens with one attached hydrogen (secondary N) is 2. The average Bonchev–Trinajstić information content (AvgIpc) is 2.95. The molecule has 2 aromatic rings. The van der Waals surface area contributed by atoms with Crippen LogP contribution in [0.4, 0.5) is 0 Å². The lowest BCUT2D eigenvalue weighted by atomic mass is 10.1. The van der Waals surface area contributed by atoms with Crippen molar-refractivity contribution >= 4 is 39.9 Å². The van der Waals surface area contributed by atoms with E-state index >= 15 is 0 Å². The molecule has 0 radical (unpaired) electrons. The maximum Gasteiger partial charge on any atom is 0.343 e. The quantitative estimate of drug-likeness (QED) is 0.0585. The van der Waals surface area contributed by atoms with Gasteiger partial charge < -0.3 is 14.8 Å². The maximum absolute atomic E-state index is 12.7. The molecule has 0 fully saturated rings. The normalized spacial score (nSPS) is 10.9. The van der Waals surface area contributed by atoms with E-state index in [9.17, 15) is 14.4 Å². The predicted octanol–water partition coefficient (Wildman–Crippen LogP) is 6.94. The number of hydrogen-bond acceptors (Lipinski definition) is 6. The Morgan fingerprint density at radius 3 is 2.20 bits per heavy atom. The van der Waals surface area contributed by atoms with Gasteiger partial charge in [-0.25, -0.2) is 10.2 Å². The molecule has 218 valence electrons. The molecule has 0 bridgehead atoms. The van der Waals surface area contributed by atoms with Gasteiger partial charge in [-0.2, -0.15) is 5.10 Å². The fourth-order valence-electron chi connectivity index (χ4n) is 3.86. The molecular weight excluding hydrogens is 574 g/mol. The summed E-state index contributed by atoms with van der Waals surface area (Å²) in [7, 11) is 0. The lowest BCUT2D eigenvalue weighted by Crippen LogP contribution is -2.34. The largest absolute Gasteiger partial charge is 0.494 e. The monoisotopic (exact) mass is 615 g/mol. The number of esters is 1. The Hall–Kier alpha value is -3.20. The second kappa shape index (κ2) is 19.8. The first kappa shape index (κ1) is 33.0. The molecule has 40 heavy (non-hydrogen) atoms. The number of ether oxygens (including phenoxy) is 2.